The maximum atomic E-state index is 13.3. The minimum Gasteiger partial charge on any atom is -0.478 e. The molecule has 0 unspecified atom stereocenters. The third kappa shape index (κ3) is 16.0. The number of hydrogen-bond acceptors (Lipinski definition) is 4. The summed E-state index contributed by atoms with van der Waals surface area (Å²) in [6.07, 6.45) is 19.9. The first-order valence-corrected chi connectivity index (χ1v) is 18.2. The predicted molar refractivity (Wildman–Crippen MR) is 198 cm³/mol. The van der Waals surface area contributed by atoms with Crippen LogP contribution in [0.1, 0.15) is 136 Å². The van der Waals surface area contributed by atoms with Crippen LogP contribution in [-0.2, 0) is 16.0 Å². The van der Waals surface area contributed by atoms with E-state index in [-0.39, 0.29) is 17.9 Å². The topological polar surface area (TPSA) is 125 Å². The molecule has 4 N–H and O–H groups in total. The molecule has 1 atom stereocenters. The molecule has 0 aliphatic heterocycles. The summed E-state index contributed by atoms with van der Waals surface area (Å²) in [4.78, 5) is 50.3. The van der Waals surface area contributed by atoms with Crippen molar-refractivity contribution in [3.05, 3.63) is 95.6 Å². The lowest BCUT2D eigenvalue weighted by molar-refractivity contribution is -0.118. The second-order valence-electron chi connectivity index (χ2n) is 12.9. The molecular formula is C41H55N3O5. The smallest absolute Gasteiger partial charge is 0.335 e. The van der Waals surface area contributed by atoms with Crippen molar-refractivity contribution in [1.82, 2.24) is 5.32 Å². The fraction of sp³-hybridized carbons (Fsp3) is 0.463. The summed E-state index contributed by atoms with van der Waals surface area (Å²) in [6, 6.07) is 21.0. The van der Waals surface area contributed by atoms with Crippen LogP contribution in [0.5, 0.6) is 0 Å². The number of amides is 3. The van der Waals surface area contributed by atoms with Crippen molar-refractivity contribution in [3.63, 3.8) is 0 Å². The van der Waals surface area contributed by atoms with Gasteiger partial charge in [0, 0.05) is 29.8 Å². The van der Waals surface area contributed by atoms with Crippen molar-refractivity contribution in [1.29, 1.82) is 0 Å². The van der Waals surface area contributed by atoms with Gasteiger partial charge < -0.3 is 21.1 Å². The Hall–Kier alpha value is -4.46. The van der Waals surface area contributed by atoms with Gasteiger partial charge >= 0.3 is 5.97 Å². The Bertz CT molecular complexity index is 1420. The van der Waals surface area contributed by atoms with Gasteiger partial charge in [-0.05, 0) is 54.4 Å². The first-order chi connectivity index (χ1) is 23.9. The summed E-state index contributed by atoms with van der Waals surface area (Å²) in [6.45, 7) is 2.26. The SMILES string of the molecule is CCCCCCCCCCCCCCCCCC(=O)Nc1ccc(C(=O)N[C@@H](Cc2ccccc2)C(=O)Nc2cccc(C(=O)O)c2)cc1. The largest absolute Gasteiger partial charge is 0.478 e. The third-order valence-electron chi connectivity index (χ3n) is 8.72. The van der Waals surface area contributed by atoms with Gasteiger partial charge in [0.1, 0.15) is 6.04 Å². The van der Waals surface area contributed by atoms with Crippen LogP contribution >= 0.6 is 0 Å². The predicted octanol–water partition coefficient (Wildman–Crippen LogP) is 9.56. The maximum Gasteiger partial charge on any atom is 0.335 e. The monoisotopic (exact) mass is 669 g/mol. The van der Waals surface area contributed by atoms with Crippen LogP contribution in [0.3, 0.4) is 0 Å². The Balaban J connectivity index is 1.37. The average Bonchev–Trinajstić information content (AvgIpc) is 3.10. The molecule has 3 amide bonds. The van der Waals surface area contributed by atoms with Crippen LogP contribution in [0.15, 0.2) is 78.9 Å². The molecule has 0 bridgehead atoms. The second kappa shape index (κ2) is 23.0. The van der Waals surface area contributed by atoms with Crippen LogP contribution in [0.2, 0.25) is 0 Å². The number of carbonyl (C=O) groups is 4. The van der Waals surface area contributed by atoms with E-state index in [1.165, 1.54) is 89.2 Å². The number of anilines is 2. The van der Waals surface area contributed by atoms with E-state index in [2.05, 4.69) is 22.9 Å². The van der Waals surface area contributed by atoms with Gasteiger partial charge in [-0.2, -0.15) is 0 Å². The molecule has 0 saturated carbocycles. The minimum atomic E-state index is -1.10. The molecule has 0 aliphatic carbocycles. The quantitative estimate of drug-likeness (QED) is 0.0707. The zero-order chi connectivity index (χ0) is 35.1. The third-order valence-corrected chi connectivity index (χ3v) is 8.72. The van der Waals surface area contributed by atoms with Gasteiger partial charge in [-0.1, -0.05) is 133 Å². The van der Waals surface area contributed by atoms with E-state index >= 15 is 0 Å². The first-order valence-electron chi connectivity index (χ1n) is 18.2. The van der Waals surface area contributed by atoms with Gasteiger partial charge in [0.05, 0.1) is 5.56 Å². The summed E-state index contributed by atoms with van der Waals surface area (Å²) < 4.78 is 0. The average molecular weight is 670 g/mol. The first kappa shape index (κ1) is 39.0. The number of rotatable bonds is 24. The molecule has 264 valence electrons. The van der Waals surface area contributed by atoms with Crippen LogP contribution in [0.4, 0.5) is 11.4 Å². The Kier molecular flexibility index (Phi) is 18.3. The lowest BCUT2D eigenvalue weighted by Crippen LogP contribution is -2.45. The highest BCUT2D eigenvalue weighted by atomic mass is 16.4. The molecule has 49 heavy (non-hydrogen) atoms. The van der Waals surface area contributed by atoms with Crippen molar-refractivity contribution in [2.24, 2.45) is 0 Å². The zero-order valence-corrected chi connectivity index (χ0v) is 29.2. The van der Waals surface area contributed by atoms with E-state index in [1.807, 2.05) is 30.3 Å². The van der Waals surface area contributed by atoms with Crippen molar-refractivity contribution >= 4 is 35.1 Å². The highest BCUT2D eigenvalue weighted by Crippen LogP contribution is 2.16. The maximum absolute atomic E-state index is 13.3. The number of carbonyl (C=O) groups excluding carboxylic acids is 3. The Morgan fingerprint density at radius 2 is 1.16 bits per heavy atom. The van der Waals surface area contributed by atoms with E-state index in [1.54, 1.807) is 36.4 Å². The second-order valence-corrected chi connectivity index (χ2v) is 12.9. The van der Waals surface area contributed by atoms with Crippen molar-refractivity contribution < 1.29 is 24.3 Å². The van der Waals surface area contributed by atoms with Gasteiger partial charge in [0.15, 0.2) is 0 Å². The molecule has 0 heterocycles. The van der Waals surface area contributed by atoms with E-state index < -0.39 is 23.8 Å². The highest BCUT2D eigenvalue weighted by molar-refractivity contribution is 6.02. The van der Waals surface area contributed by atoms with E-state index in [9.17, 15) is 24.3 Å². The number of hydrogen-bond donors (Lipinski definition) is 4. The van der Waals surface area contributed by atoms with Crippen LogP contribution in [0.25, 0.3) is 0 Å². The lowest BCUT2D eigenvalue weighted by Gasteiger charge is -2.19. The number of carboxylic acids is 1. The summed E-state index contributed by atoms with van der Waals surface area (Å²) in [5.74, 6) is -2.05. The van der Waals surface area contributed by atoms with Gasteiger partial charge in [-0.25, -0.2) is 4.79 Å². The van der Waals surface area contributed by atoms with Gasteiger partial charge in [-0.15, -0.1) is 0 Å². The van der Waals surface area contributed by atoms with E-state index in [0.717, 1.165) is 24.8 Å². The Labute approximate surface area is 292 Å². The van der Waals surface area contributed by atoms with Crippen LogP contribution in [0, 0.1) is 0 Å². The molecule has 0 spiro atoms. The molecule has 3 aromatic rings. The number of aromatic carboxylic acids is 1. The number of unbranched alkanes of at least 4 members (excludes halogenated alkanes) is 14. The molecule has 0 aromatic heterocycles. The zero-order valence-electron chi connectivity index (χ0n) is 29.2. The number of carboxylic acid groups (broad SMARTS) is 1. The highest BCUT2D eigenvalue weighted by Gasteiger charge is 2.23. The van der Waals surface area contributed by atoms with Crippen LogP contribution < -0.4 is 16.0 Å². The molecular weight excluding hydrogens is 614 g/mol. The fourth-order valence-electron chi connectivity index (χ4n) is 5.85. The van der Waals surface area contributed by atoms with E-state index in [0.29, 0.717) is 23.4 Å². The summed E-state index contributed by atoms with van der Waals surface area (Å²) in [5, 5.41) is 17.7. The summed E-state index contributed by atoms with van der Waals surface area (Å²) in [5.41, 5.74) is 2.18. The molecule has 0 radical (unpaired) electrons. The standard InChI is InChI=1S/C41H55N3O5/c1-2-3-4-5-6-7-8-9-10-11-12-13-14-15-19-25-38(45)42-35-28-26-33(27-29-35)39(46)44-37(30-32-21-17-16-18-22-32)40(47)43-36-24-20-23-34(31-36)41(48)49/h16-18,20-24,26-29,31,37H,2-15,19,25,30H2,1H3,(H,42,45)(H,43,47)(H,44,46)(H,48,49)/t37-/m0/s1. The van der Waals surface area contributed by atoms with Gasteiger partial charge in [-0.3, -0.25) is 14.4 Å². The van der Waals surface area contributed by atoms with Crippen molar-refractivity contribution in [2.45, 2.75) is 122 Å². The molecule has 0 aliphatic rings. The normalized spacial score (nSPS) is 11.4. The van der Waals surface area contributed by atoms with Crippen molar-refractivity contribution in [3.8, 4) is 0 Å². The summed E-state index contributed by atoms with van der Waals surface area (Å²) in [7, 11) is 0. The molecule has 3 aromatic carbocycles. The van der Waals surface area contributed by atoms with Gasteiger partial charge in [0.25, 0.3) is 5.91 Å². The minimum absolute atomic E-state index is 0.0431. The lowest BCUT2D eigenvalue weighted by atomic mass is 10.0. The summed E-state index contributed by atoms with van der Waals surface area (Å²) >= 11 is 0. The molecule has 0 fully saturated rings. The van der Waals surface area contributed by atoms with Gasteiger partial charge in [0.2, 0.25) is 11.8 Å². The Morgan fingerprint density at radius 3 is 1.73 bits per heavy atom. The molecule has 8 nitrogen and oxygen atoms in total. The fourth-order valence-corrected chi connectivity index (χ4v) is 5.85. The van der Waals surface area contributed by atoms with E-state index in [4.69, 9.17) is 0 Å². The number of benzene rings is 3. The molecule has 3 rings (SSSR count). The Morgan fingerprint density at radius 1 is 0.592 bits per heavy atom. The molecule has 0 saturated heterocycles. The molecule has 8 heteroatoms. The number of nitrogens with one attached hydrogen (secondary N) is 3. The van der Waals surface area contributed by atoms with Crippen molar-refractivity contribution in [2.75, 3.05) is 10.6 Å². The van der Waals surface area contributed by atoms with Crippen LogP contribution in [-0.4, -0.2) is 34.8 Å².